The van der Waals surface area contributed by atoms with Gasteiger partial charge in [0, 0.05) is 6.54 Å². The molecule has 0 aromatic carbocycles. The van der Waals surface area contributed by atoms with Gasteiger partial charge in [-0.25, -0.2) is 0 Å². The maximum atomic E-state index is 8.69. The number of nitrogens with two attached hydrogens (primary N) is 1. The van der Waals surface area contributed by atoms with Crippen LogP contribution in [0.5, 0.6) is 0 Å². The van der Waals surface area contributed by atoms with Gasteiger partial charge in [-0.2, -0.15) is 0 Å². The second-order valence-electron chi connectivity index (χ2n) is 2.73. The molecule has 0 bridgehead atoms. The summed E-state index contributed by atoms with van der Waals surface area (Å²) in [5.41, 5.74) is 2.43. The van der Waals surface area contributed by atoms with E-state index in [2.05, 4.69) is 5.43 Å². The Morgan fingerprint density at radius 3 is 2.15 bits per heavy atom. The maximum Gasteiger partial charge on any atom is 0.0779 e. The molecular weight excluding hydrogens is 172 g/mol. The first-order valence-corrected chi connectivity index (χ1v) is 4.42. The summed E-state index contributed by atoms with van der Waals surface area (Å²) in [6, 6.07) is 0. The predicted octanol–water partition coefficient (Wildman–Crippen LogP) is -0.766. The van der Waals surface area contributed by atoms with Crippen molar-refractivity contribution in [3.63, 3.8) is 0 Å². The molecule has 0 saturated carbocycles. The average molecular weight is 194 g/mol. The number of rotatable bonds is 5. The van der Waals surface area contributed by atoms with E-state index in [1.165, 1.54) is 0 Å². The molecule has 82 valence electrons. The number of hydrazine groups is 1. The third-order valence-corrected chi connectivity index (χ3v) is 1.08. The van der Waals surface area contributed by atoms with Crippen LogP contribution in [-0.2, 0) is 4.74 Å². The summed E-state index contributed by atoms with van der Waals surface area (Å²) in [5.74, 6) is 4.78. The highest BCUT2D eigenvalue weighted by Crippen LogP contribution is 1.90. The van der Waals surface area contributed by atoms with E-state index < -0.39 is 6.10 Å². The lowest BCUT2D eigenvalue weighted by molar-refractivity contribution is -0.0177. The lowest BCUT2D eigenvalue weighted by Gasteiger charge is -2.10. The van der Waals surface area contributed by atoms with Crippen molar-refractivity contribution in [2.45, 2.75) is 33.0 Å². The van der Waals surface area contributed by atoms with Gasteiger partial charge in [-0.1, -0.05) is 6.92 Å². The lowest BCUT2D eigenvalue weighted by Crippen LogP contribution is -2.20. The fraction of sp³-hybridized carbons (Fsp3) is 1.00. The number of hydrogen-bond acceptors (Lipinski definition) is 5. The summed E-state index contributed by atoms with van der Waals surface area (Å²) in [4.78, 5) is 0. The van der Waals surface area contributed by atoms with Gasteiger partial charge in [0.1, 0.15) is 0 Å². The molecule has 5 heteroatoms. The minimum Gasteiger partial charge on any atom is -0.394 e. The van der Waals surface area contributed by atoms with Gasteiger partial charge in [-0.05, 0) is 13.8 Å². The zero-order valence-corrected chi connectivity index (χ0v) is 8.66. The Morgan fingerprint density at radius 2 is 1.92 bits per heavy atom. The average Bonchev–Trinajstić information content (AvgIpc) is 2.14. The Hall–Kier alpha value is -0.200. The van der Waals surface area contributed by atoms with Gasteiger partial charge in [0.2, 0.25) is 0 Å². The first kappa shape index (κ1) is 15.3. The number of aliphatic hydroxyl groups excluding tert-OH is 2. The predicted molar refractivity (Wildman–Crippen MR) is 52.0 cm³/mol. The summed E-state index contributed by atoms with van der Waals surface area (Å²) >= 11 is 0. The first-order chi connectivity index (χ1) is 6.08. The van der Waals surface area contributed by atoms with Gasteiger partial charge in [0.05, 0.1) is 25.4 Å². The van der Waals surface area contributed by atoms with Crippen molar-refractivity contribution in [3.8, 4) is 0 Å². The van der Waals surface area contributed by atoms with Crippen molar-refractivity contribution < 1.29 is 14.9 Å². The van der Waals surface area contributed by atoms with Crippen LogP contribution in [0, 0.1) is 0 Å². The molecule has 0 radical (unpaired) electrons. The molecular formula is C8H22N2O3. The van der Waals surface area contributed by atoms with Crippen LogP contribution in [0.3, 0.4) is 0 Å². The van der Waals surface area contributed by atoms with E-state index in [9.17, 15) is 0 Å². The van der Waals surface area contributed by atoms with Gasteiger partial charge < -0.3 is 14.9 Å². The Labute approximate surface area is 79.9 Å². The topological polar surface area (TPSA) is 87.7 Å². The van der Waals surface area contributed by atoms with Crippen molar-refractivity contribution in [3.05, 3.63) is 0 Å². The van der Waals surface area contributed by atoms with Crippen LogP contribution >= 0.6 is 0 Å². The highest BCUT2D eigenvalue weighted by atomic mass is 16.5. The zero-order chi connectivity index (χ0) is 10.7. The fourth-order valence-electron chi connectivity index (χ4n) is 0.356. The summed E-state index contributed by atoms with van der Waals surface area (Å²) in [6.45, 7) is 6.49. The smallest absolute Gasteiger partial charge is 0.0779 e. The quantitative estimate of drug-likeness (QED) is 0.341. The first-order valence-electron chi connectivity index (χ1n) is 4.42. The second kappa shape index (κ2) is 11.8. The van der Waals surface area contributed by atoms with E-state index in [1.807, 2.05) is 6.92 Å². The van der Waals surface area contributed by atoms with Crippen LogP contribution < -0.4 is 11.3 Å². The van der Waals surface area contributed by atoms with Crippen molar-refractivity contribution in [2.24, 2.45) is 5.84 Å². The summed E-state index contributed by atoms with van der Waals surface area (Å²) in [5, 5.41) is 17.1. The van der Waals surface area contributed by atoms with Gasteiger partial charge in [0.15, 0.2) is 0 Å². The molecule has 0 aliphatic rings. The van der Waals surface area contributed by atoms with Crippen LogP contribution in [0.15, 0.2) is 0 Å². The van der Waals surface area contributed by atoms with Crippen LogP contribution in [0.25, 0.3) is 0 Å². The molecule has 0 fully saturated rings. The minimum absolute atomic E-state index is 0.00667. The summed E-state index contributed by atoms with van der Waals surface area (Å²) < 4.78 is 4.95. The molecule has 0 aromatic rings. The molecule has 5 nitrogen and oxygen atoms in total. The van der Waals surface area contributed by atoms with Crippen LogP contribution in [0.1, 0.15) is 20.8 Å². The van der Waals surface area contributed by atoms with Crippen LogP contribution in [-0.4, -0.2) is 42.2 Å². The van der Waals surface area contributed by atoms with Gasteiger partial charge in [-0.3, -0.25) is 11.3 Å². The number of ether oxygens (including phenoxy) is 1. The van der Waals surface area contributed by atoms with Crippen molar-refractivity contribution in [2.75, 3.05) is 19.8 Å². The van der Waals surface area contributed by atoms with E-state index in [4.69, 9.17) is 20.8 Å². The highest BCUT2D eigenvalue weighted by Gasteiger charge is 2.00. The summed E-state index contributed by atoms with van der Waals surface area (Å²) in [7, 11) is 0. The Morgan fingerprint density at radius 1 is 1.46 bits per heavy atom. The molecule has 0 rings (SSSR count). The van der Waals surface area contributed by atoms with Gasteiger partial charge in [-0.15, -0.1) is 0 Å². The zero-order valence-electron chi connectivity index (χ0n) is 8.66. The molecule has 0 aliphatic heterocycles. The van der Waals surface area contributed by atoms with E-state index in [1.54, 1.807) is 13.8 Å². The minimum atomic E-state index is -0.445. The number of hydrogen-bond donors (Lipinski definition) is 4. The highest BCUT2D eigenvalue weighted by molar-refractivity contribution is 4.47. The van der Waals surface area contributed by atoms with E-state index in [0.29, 0.717) is 6.61 Å². The van der Waals surface area contributed by atoms with Gasteiger partial charge in [0.25, 0.3) is 0 Å². The molecule has 0 heterocycles. The molecule has 0 aliphatic carbocycles. The molecule has 2 atom stereocenters. The molecule has 0 amide bonds. The third kappa shape index (κ3) is 18.6. The normalized spacial score (nSPS) is 14.3. The van der Waals surface area contributed by atoms with Crippen molar-refractivity contribution in [1.82, 2.24) is 5.43 Å². The van der Waals surface area contributed by atoms with E-state index >= 15 is 0 Å². The van der Waals surface area contributed by atoms with Crippen molar-refractivity contribution in [1.29, 1.82) is 0 Å². The largest absolute Gasteiger partial charge is 0.394 e. The lowest BCUT2D eigenvalue weighted by atomic mass is 10.4. The molecule has 0 aromatic heterocycles. The maximum absolute atomic E-state index is 8.69. The molecule has 5 N–H and O–H groups in total. The monoisotopic (exact) mass is 194 g/mol. The Balaban J connectivity index is 0. The number of nitrogens with one attached hydrogen (secondary N) is 1. The molecule has 0 spiro atoms. The van der Waals surface area contributed by atoms with Gasteiger partial charge >= 0.3 is 0 Å². The number of aliphatic hydroxyl groups is 2. The standard InChI is InChI=1S/C6H14O3.C2H8N2/c1-5(8)4-9-6(2)3-7;1-2-4-3/h5-8H,3-4H2,1-2H3;4H,2-3H2,1H3. The van der Waals surface area contributed by atoms with Crippen LogP contribution in [0.2, 0.25) is 0 Å². The van der Waals surface area contributed by atoms with Crippen molar-refractivity contribution >= 4 is 0 Å². The second-order valence-corrected chi connectivity index (χ2v) is 2.73. The van der Waals surface area contributed by atoms with E-state index in [0.717, 1.165) is 6.54 Å². The summed E-state index contributed by atoms with van der Waals surface area (Å²) in [6.07, 6.45) is -0.612. The fourth-order valence-corrected chi connectivity index (χ4v) is 0.356. The Bertz CT molecular complexity index is 89.5. The molecule has 13 heavy (non-hydrogen) atoms. The van der Waals surface area contributed by atoms with Crippen LogP contribution in [0.4, 0.5) is 0 Å². The third-order valence-electron chi connectivity index (χ3n) is 1.08. The molecule has 0 saturated heterocycles. The SMILES string of the molecule is CC(O)COC(C)CO.CCNN. The van der Waals surface area contributed by atoms with E-state index in [-0.39, 0.29) is 12.7 Å². The molecule has 2 unspecified atom stereocenters. The Kier molecular flexibility index (Phi) is 13.9.